The fourth-order valence-corrected chi connectivity index (χ4v) is 1.26. The highest BCUT2D eigenvalue weighted by Crippen LogP contribution is 2.09. The van der Waals surface area contributed by atoms with Crippen molar-refractivity contribution in [1.82, 2.24) is 15.2 Å². The molecule has 0 spiro atoms. The zero-order chi connectivity index (χ0) is 12.3. The van der Waals surface area contributed by atoms with Gasteiger partial charge in [-0.25, -0.2) is 10.1 Å². The van der Waals surface area contributed by atoms with Gasteiger partial charge in [-0.3, -0.25) is 9.59 Å². The summed E-state index contributed by atoms with van der Waals surface area (Å²) in [5.74, 6) is 0.0635. The normalized spacial score (nSPS) is 9.94. The standard InChI is InChI=1S/C11H10N4O2/c1-7-3-2-6-12-10(7)13-11(17)8-4-5-9(16)15-14-8/h2-6H,1H3,(H,15,16)(H,12,13,17). The van der Waals surface area contributed by atoms with Crippen molar-refractivity contribution in [3.63, 3.8) is 0 Å². The molecule has 0 aliphatic heterocycles. The molecule has 6 nitrogen and oxygen atoms in total. The minimum Gasteiger partial charge on any atom is -0.305 e. The highest BCUT2D eigenvalue weighted by molar-refractivity contribution is 6.02. The Hall–Kier alpha value is -2.50. The van der Waals surface area contributed by atoms with Gasteiger partial charge in [0.15, 0.2) is 0 Å². The van der Waals surface area contributed by atoms with E-state index in [-0.39, 0.29) is 11.3 Å². The van der Waals surface area contributed by atoms with Crippen molar-refractivity contribution in [3.05, 3.63) is 52.1 Å². The first kappa shape index (κ1) is 11.0. The first-order valence-corrected chi connectivity index (χ1v) is 4.95. The van der Waals surface area contributed by atoms with E-state index in [2.05, 4.69) is 20.5 Å². The number of hydrogen-bond acceptors (Lipinski definition) is 4. The number of hydrogen-bond donors (Lipinski definition) is 2. The number of nitrogens with one attached hydrogen (secondary N) is 2. The third kappa shape index (κ3) is 2.54. The van der Waals surface area contributed by atoms with Crippen LogP contribution in [-0.2, 0) is 0 Å². The summed E-state index contributed by atoms with van der Waals surface area (Å²) in [5, 5.41) is 8.43. The number of amides is 1. The van der Waals surface area contributed by atoms with Crippen LogP contribution in [0.25, 0.3) is 0 Å². The maximum Gasteiger partial charge on any atom is 0.277 e. The largest absolute Gasteiger partial charge is 0.305 e. The molecule has 0 aliphatic rings. The molecule has 6 heteroatoms. The number of nitrogens with zero attached hydrogens (tertiary/aromatic N) is 2. The zero-order valence-electron chi connectivity index (χ0n) is 9.10. The van der Waals surface area contributed by atoms with Crippen LogP contribution in [0.15, 0.2) is 35.3 Å². The topological polar surface area (TPSA) is 87.7 Å². The number of anilines is 1. The summed E-state index contributed by atoms with van der Waals surface area (Å²) in [6, 6.07) is 6.21. The molecule has 0 aliphatic carbocycles. The van der Waals surface area contributed by atoms with Gasteiger partial charge in [-0.2, -0.15) is 5.10 Å². The second-order valence-electron chi connectivity index (χ2n) is 3.43. The molecular formula is C11H10N4O2. The van der Waals surface area contributed by atoms with E-state index in [1.165, 1.54) is 12.1 Å². The third-order valence-corrected chi connectivity index (χ3v) is 2.15. The molecule has 2 aromatic rings. The highest BCUT2D eigenvalue weighted by atomic mass is 16.2. The maximum absolute atomic E-state index is 11.7. The van der Waals surface area contributed by atoms with E-state index in [4.69, 9.17) is 0 Å². The van der Waals surface area contributed by atoms with Crippen LogP contribution in [-0.4, -0.2) is 21.1 Å². The summed E-state index contributed by atoms with van der Waals surface area (Å²) in [7, 11) is 0. The van der Waals surface area contributed by atoms with E-state index in [0.717, 1.165) is 5.56 Å². The molecule has 1 amide bonds. The van der Waals surface area contributed by atoms with Crippen LogP contribution in [0.3, 0.4) is 0 Å². The minimum atomic E-state index is -0.414. The molecule has 2 N–H and O–H groups in total. The van der Waals surface area contributed by atoms with Crippen LogP contribution in [0.2, 0.25) is 0 Å². The lowest BCUT2D eigenvalue weighted by molar-refractivity contribution is 0.102. The number of rotatable bonds is 2. The Labute approximate surface area is 96.7 Å². The van der Waals surface area contributed by atoms with Gasteiger partial charge in [-0.1, -0.05) is 6.07 Å². The second kappa shape index (κ2) is 4.56. The lowest BCUT2D eigenvalue weighted by Gasteiger charge is -2.05. The molecule has 2 aromatic heterocycles. The van der Waals surface area contributed by atoms with E-state index in [9.17, 15) is 9.59 Å². The molecule has 0 bridgehead atoms. The number of pyridine rings is 1. The first-order valence-electron chi connectivity index (χ1n) is 4.95. The number of carbonyl (C=O) groups excluding carboxylic acids is 1. The fourth-order valence-electron chi connectivity index (χ4n) is 1.26. The smallest absolute Gasteiger partial charge is 0.277 e. The molecule has 2 rings (SSSR count). The Morgan fingerprint density at radius 2 is 2.18 bits per heavy atom. The molecule has 0 unspecified atom stereocenters. The van der Waals surface area contributed by atoms with Gasteiger partial charge in [0.05, 0.1) is 0 Å². The fraction of sp³-hybridized carbons (Fsp3) is 0.0909. The van der Waals surface area contributed by atoms with Crippen molar-refractivity contribution in [3.8, 4) is 0 Å². The summed E-state index contributed by atoms with van der Waals surface area (Å²) in [6.07, 6.45) is 1.59. The van der Waals surface area contributed by atoms with Gasteiger partial charge in [0, 0.05) is 12.3 Å². The van der Waals surface area contributed by atoms with Crippen LogP contribution in [0, 0.1) is 6.92 Å². The zero-order valence-corrected chi connectivity index (χ0v) is 9.10. The van der Waals surface area contributed by atoms with E-state index in [1.807, 2.05) is 13.0 Å². The molecule has 17 heavy (non-hydrogen) atoms. The van der Waals surface area contributed by atoms with Gasteiger partial charge in [-0.05, 0) is 24.6 Å². The van der Waals surface area contributed by atoms with Crippen LogP contribution < -0.4 is 10.9 Å². The van der Waals surface area contributed by atoms with Gasteiger partial charge in [-0.15, -0.1) is 0 Å². The molecule has 2 heterocycles. The quantitative estimate of drug-likeness (QED) is 0.795. The average molecular weight is 230 g/mol. The Balaban J connectivity index is 2.20. The van der Waals surface area contributed by atoms with Gasteiger partial charge < -0.3 is 5.32 Å². The number of H-pyrrole nitrogens is 1. The lowest BCUT2D eigenvalue weighted by atomic mass is 10.3. The summed E-state index contributed by atoms with van der Waals surface area (Å²) < 4.78 is 0. The molecular weight excluding hydrogens is 220 g/mol. The number of aromatic nitrogens is 3. The second-order valence-corrected chi connectivity index (χ2v) is 3.43. The summed E-state index contributed by atoms with van der Waals surface area (Å²) >= 11 is 0. The molecule has 0 radical (unpaired) electrons. The van der Waals surface area contributed by atoms with E-state index >= 15 is 0 Å². The minimum absolute atomic E-state index is 0.134. The number of aryl methyl sites for hydroxylation is 1. The highest BCUT2D eigenvalue weighted by Gasteiger charge is 2.09. The Kier molecular flexibility index (Phi) is 2.95. The average Bonchev–Trinajstić information content (AvgIpc) is 2.33. The van der Waals surface area contributed by atoms with Crippen LogP contribution in [0.1, 0.15) is 16.1 Å². The molecule has 0 saturated heterocycles. The summed E-state index contributed by atoms with van der Waals surface area (Å²) in [4.78, 5) is 26.6. The summed E-state index contributed by atoms with van der Waals surface area (Å²) in [5.41, 5.74) is 0.635. The maximum atomic E-state index is 11.7. The van der Waals surface area contributed by atoms with Crippen LogP contribution in [0.5, 0.6) is 0 Å². The van der Waals surface area contributed by atoms with Crippen molar-refractivity contribution in [2.24, 2.45) is 0 Å². The Morgan fingerprint density at radius 1 is 1.35 bits per heavy atom. The Bertz CT molecular complexity index is 586. The molecule has 0 aromatic carbocycles. The predicted octanol–water partition coefficient (Wildman–Crippen LogP) is 0.726. The molecule has 0 fully saturated rings. The van der Waals surface area contributed by atoms with Crippen LogP contribution >= 0.6 is 0 Å². The van der Waals surface area contributed by atoms with Crippen molar-refractivity contribution in [2.45, 2.75) is 6.92 Å². The molecule has 86 valence electrons. The monoisotopic (exact) mass is 230 g/mol. The van der Waals surface area contributed by atoms with Crippen molar-refractivity contribution < 1.29 is 4.79 Å². The van der Waals surface area contributed by atoms with Gasteiger partial charge >= 0.3 is 0 Å². The molecule has 0 saturated carbocycles. The van der Waals surface area contributed by atoms with E-state index in [0.29, 0.717) is 5.82 Å². The Morgan fingerprint density at radius 3 is 2.82 bits per heavy atom. The predicted molar refractivity (Wildman–Crippen MR) is 61.8 cm³/mol. The van der Waals surface area contributed by atoms with Crippen LogP contribution in [0.4, 0.5) is 5.82 Å². The number of carbonyl (C=O) groups is 1. The lowest BCUT2D eigenvalue weighted by Crippen LogP contribution is -2.18. The third-order valence-electron chi connectivity index (χ3n) is 2.15. The first-order chi connectivity index (χ1) is 8.16. The number of aromatic amines is 1. The SMILES string of the molecule is Cc1cccnc1NC(=O)c1ccc(=O)[nH]n1. The van der Waals surface area contributed by atoms with E-state index in [1.54, 1.807) is 12.3 Å². The van der Waals surface area contributed by atoms with E-state index < -0.39 is 5.91 Å². The van der Waals surface area contributed by atoms with Gasteiger partial charge in [0.25, 0.3) is 11.5 Å². The molecule has 0 atom stereocenters. The van der Waals surface area contributed by atoms with Gasteiger partial charge in [0.1, 0.15) is 11.5 Å². The van der Waals surface area contributed by atoms with Gasteiger partial charge in [0.2, 0.25) is 0 Å². The van der Waals surface area contributed by atoms with Crippen molar-refractivity contribution in [2.75, 3.05) is 5.32 Å². The van der Waals surface area contributed by atoms with Crippen molar-refractivity contribution >= 4 is 11.7 Å². The van der Waals surface area contributed by atoms with Crippen molar-refractivity contribution in [1.29, 1.82) is 0 Å². The summed E-state index contributed by atoms with van der Waals surface area (Å²) in [6.45, 7) is 1.84.